The number of amides is 1. The molecular formula is C24H27NO3. The summed E-state index contributed by atoms with van der Waals surface area (Å²) < 4.78 is 11.1. The molecule has 1 aliphatic heterocycles. The van der Waals surface area contributed by atoms with Crippen LogP contribution in [0.25, 0.3) is 5.57 Å². The molecule has 1 aliphatic rings. The van der Waals surface area contributed by atoms with Crippen LogP contribution in [-0.4, -0.2) is 30.6 Å². The molecule has 0 bridgehead atoms. The van der Waals surface area contributed by atoms with E-state index in [0.717, 1.165) is 22.4 Å². The number of nitrogens with zero attached hydrogens (tertiary/aromatic N) is 1. The van der Waals surface area contributed by atoms with Crippen molar-refractivity contribution in [2.24, 2.45) is 5.92 Å². The van der Waals surface area contributed by atoms with Crippen molar-refractivity contribution in [3.63, 3.8) is 0 Å². The fraction of sp³-hybridized carbons (Fsp3) is 0.292. The molecule has 28 heavy (non-hydrogen) atoms. The third-order valence-corrected chi connectivity index (χ3v) is 4.91. The Hall–Kier alpha value is -3.01. The molecule has 0 aliphatic carbocycles. The van der Waals surface area contributed by atoms with Crippen LogP contribution in [0, 0.1) is 5.92 Å². The average Bonchev–Trinajstić information content (AvgIpc) is 2.99. The minimum absolute atomic E-state index is 0.0585. The van der Waals surface area contributed by atoms with Crippen LogP contribution in [0.4, 0.5) is 0 Å². The zero-order valence-electron chi connectivity index (χ0n) is 16.7. The van der Waals surface area contributed by atoms with Gasteiger partial charge in [0.1, 0.15) is 12.4 Å². The molecule has 2 aromatic rings. The Morgan fingerprint density at radius 3 is 2.36 bits per heavy atom. The van der Waals surface area contributed by atoms with Crippen molar-refractivity contribution in [2.45, 2.75) is 26.4 Å². The van der Waals surface area contributed by atoms with Gasteiger partial charge in [0.25, 0.3) is 5.91 Å². The zero-order valence-corrected chi connectivity index (χ0v) is 16.7. The lowest BCUT2D eigenvalue weighted by molar-refractivity contribution is -0.131. The van der Waals surface area contributed by atoms with Gasteiger partial charge in [-0.15, -0.1) is 0 Å². The Balaban J connectivity index is 1.99. The van der Waals surface area contributed by atoms with E-state index in [9.17, 15) is 4.79 Å². The Kier molecular flexibility index (Phi) is 6.19. The molecule has 0 radical (unpaired) electrons. The second kappa shape index (κ2) is 8.79. The first-order chi connectivity index (χ1) is 13.6. The summed E-state index contributed by atoms with van der Waals surface area (Å²) in [5.41, 5.74) is 3.03. The van der Waals surface area contributed by atoms with Crippen molar-refractivity contribution in [2.75, 3.05) is 13.7 Å². The largest absolute Gasteiger partial charge is 0.497 e. The highest BCUT2D eigenvalue weighted by molar-refractivity contribution is 6.05. The van der Waals surface area contributed by atoms with Crippen molar-refractivity contribution in [1.29, 1.82) is 0 Å². The van der Waals surface area contributed by atoms with Crippen LogP contribution < -0.4 is 4.74 Å². The van der Waals surface area contributed by atoms with Crippen molar-refractivity contribution in [3.8, 4) is 5.75 Å². The van der Waals surface area contributed by atoms with Crippen molar-refractivity contribution >= 4 is 11.5 Å². The van der Waals surface area contributed by atoms with Gasteiger partial charge in [-0.05, 0) is 29.2 Å². The van der Waals surface area contributed by atoms with E-state index in [1.54, 1.807) is 13.2 Å². The molecule has 3 rings (SSSR count). The molecule has 0 saturated heterocycles. The van der Waals surface area contributed by atoms with E-state index in [1.165, 1.54) is 0 Å². The molecule has 0 aromatic heterocycles. The molecule has 0 N–H and O–H groups in total. The average molecular weight is 377 g/mol. The number of ether oxygens (including phenoxy) is 2. The molecule has 0 spiro atoms. The van der Waals surface area contributed by atoms with E-state index in [0.29, 0.717) is 18.9 Å². The first kappa shape index (κ1) is 19.7. The highest BCUT2D eigenvalue weighted by Gasteiger charge is 2.42. The quantitative estimate of drug-likeness (QED) is 0.627. The molecule has 4 nitrogen and oxygen atoms in total. The second-order valence-electron chi connectivity index (χ2n) is 7.18. The SMILES string of the molecule is C=CCOC1=C(c2ccccc2)C(C(C)C)N(Cc2ccc(OC)cc2)C1=O. The van der Waals surface area contributed by atoms with E-state index in [2.05, 4.69) is 20.4 Å². The summed E-state index contributed by atoms with van der Waals surface area (Å²) in [6.07, 6.45) is 1.67. The summed E-state index contributed by atoms with van der Waals surface area (Å²) in [6.45, 7) is 8.81. The molecule has 0 saturated carbocycles. The Morgan fingerprint density at radius 2 is 1.79 bits per heavy atom. The molecule has 146 valence electrons. The molecule has 0 fully saturated rings. The third-order valence-electron chi connectivity index (χ3n) is 4.91. The highest BCUT2D eigenvalue weighted by Crippen LogP contribution is 2.39. The van der Waals surface area contributed by atoms with E-state index < -0.39 is 0 Å². The first-order valence-electron chi connectivity index (χ1n) is 9.54. The highest BCUT2D eigenvalue weighted by atomic mass is 16.5. The minimum Gasteiger partial charge on any atom is -0.497 e. The van der Waals surface area contributed by atoms with E-state index >= 15 is 0 Å². The van der Waals surface area contributed by atoms with Gasteiger partial charge < -0.3 is 14.4 Å². The number of rotatable bonds is 8. The van der Waals surface area contributed by atoms with Crippen molar-refractivity contribution in [3.05, 3.63) is 84.1 Å². The van der Waals surface area contributed by atoms with Gasteiger partial charge in [-0.2, -0.15) is 0 Å². The lowest BCUT2D eigenvalue weighted by atomic mass is 9.91. The molecule has 2 aromatic carbocycles. The van der Waals surface area contributed by atoms with Gasteiger partial charge in [-0.25, -0.2) is 0 Å². The summed E-state index contributed by atoms with van der Waals surface area (Å²) in [7, 11) is 1.65. The Labute approximate surface area is 167 Å². The van der Waals surface area contributed by atoms with Gasteiger partial charge in [-0.1, -0.05) is 69.0 Å². The third kappa shape index (κ3) is 3.96. The van der Waals surface area contributed by atoms with Gasteiger partial charge in [0.2, 0.25) is 0 Å². The van der Waals surface area contributed by atoms with Crippen LogP contribution in [0.3, 0.4) is 0 Å². The maximum atomic E-state index is 13.3. The molecular weight excluding hydrogens is 350 g/mol. The van der Waals surface area contributed by atoms with Gasteiger partial charge in [0, 0.05) is 12.1 Å². The normalized spacial score (nSPS) is 16.6. The topological polar surface area (TPSA) is 38.8 Å². The monoisotopic (exact) mass is 377 g/mol. The van der Waals surface area contributed by atoms with Crippen LogP contribution in [-0.2, 0) is 16.1 Å². The van der Waals surface area contributed by atoms with Gasteiger partial charge in [-0.3, -0.25) is 4.79 Å². The molecule has 1 heterocycles. The number of hydrogen-bond acceptors (Lipinski definition) is 3. The number of benzene rings is 2. The maximum Gasteiger partial charge on any atom is 0.290 e. The molecule has 1 amide bonds. The Bertz CT molecular complexity index is 853. The van der Waals surface area contributed by atoms with E-state index in [-0.39, 0.29) is 17.9 Å². The first-order valence-corrected chi connectivity index (χ1v) is 9.54. The van der Waals surface area contributed by atoms with Crippen LogP contribution in [0.5, 0.6) is 5.75 Å². The summed E-state index contributed by atoms with van der Waals surface area (Å²) in [4.78, 5) is 15.2. The Morgan fingerprint density at radius 1 is 1.11 bits per heavy atom. The fourth-order valence-electron chi connectivity index (χ4n) is 3.65. The maximum absolute atomic E-state index is 13.3. The molecule has 4 heteroatoms. The van der Waals surface area contributed by atoms with Crippen molar-refractivity contribution in [1.82, 2.24) is 4.90 Å². The zero-order chi connectivity index (χ0) is 20.1. The van der Waals surface area contributed by atoms with Crippen molar-refractivity contribution < 1.29 is 14.3 Å². The lowest BCUT2D eigenvalue weighted by Gasteiger charge is -2.30. The summed E-state index contributed by atoms with van der Waals surface area (Å²) >= 11 is 0. The van der Waals surface area contributed by atoms with Gasteiger partial charge in [0.15, 0.2) is 5.76 Å². The summed E-state index contributed by atoms with van der Waals surface area (Å²) in [6, 6.07) is 17.8. The molecule has 1 unspecified atom stereocenters. The second-order valence-corrected chi connectivity index (χ2v) is 7.18. The standard InChI is InChI=1S/C24H27NO3/c1-5-15-28-23-21(19-9-7-6-8-10-19)22(17(2)3)25(24(23)26)16-18-11-13-20(27-4)14-12-18/h5-14,17,22H,1,15-16H2,2-4H3. The summed E-state index contributed by atoms with van der Waals surface area (Å²) in [5.74, 6) is 1.39. The van der Waals surface area contributed by atoms with Crippen LogP contribution in [0.2, 0.25) is 0 Å². The smallest absolute Gasteiger partial charge is 0.290 e. The predicted molar refractivity (Wildman–Crippen MR) is 112 cm³/mol. The fourth-order valence-corrected chi connectivity index (χ4v) is 3.65. The van der Waals surface area contributed by atoms with Gasteiger partial charge >= 0.3 is 0 Å². The lowest BCUT2D eigenvalue weighted by Crippen LogP contribution is -2.38. The minimum atomic E-state index is -0.0739. The van der Waals surface area contributed by atoms with Crippen LogP contribution in [0.1, 0.15) is 25.0 Å². The number of hydrogen-bond donors (Lipinski definition) is 0. The number of carbonyl (C=O) groups is 1. The van der Waals surface area contributed by atoms with E-state index in [4.69, 9.17) is 9.47 Å². The predicted octanol–water partition coefficient (Wildman–Crippen LogP) is 4.68. The molecule has 1 atom stereocenters. The summed E-state index contributed by atoms with van der Waals surface area (Å²) in [5, 5.41) is 0. The number of methoxy groups -OCH3 is 1. The number of carbonyl (C=O) groups excluding carboxylic acids is 1. The van der Waals surface area contributed by atoms with Gasteiger partial charge in [0.05, 0.1) is 13.2 Å². The van der Waals surface area contributed by atoms with E-state index in [1.807, 2.05) is 59.5 Å². The van der Waals surface area contributed by atoms with Crippen LogP contribution in [0.15, 0.2) is 73.0 Å². The van der Waals surface area contributed by atoms with Crippen LogP contribution >= 0.6 is 0 Å².